The van der Waals surface area contributed by atoms with Gasteiger partial charge in [-0.05, 0) is 38.5 Å². The fraction of sp³-hybridized carbons (Fsp3) is 0.818. The molecule has 0 fully saturated rings. The van der Waals surface area contributed by atoms with E-state index in [1.54, 1.807) is 0 Å². The minimum atomic E-state index is 0.410. The molecular weight excluding hydrogens is 296 g/mol. The molecule has 0 aliphatic heterocycles. The molecule has 0 aromatic heterocycles. The van der Waals surface area contributed by atoms with Gasteiger partial charge in [0.2, 0.25) is 0 Å². The molecule has 0 spiro atoms. The van der Waals surface area contributed by atoms with E-state index < -0.39 is 0 Å². The first-order chi connectivity index (χ1) is 11.7. The lowest BCUT2D eigenvalue weighted by molar-refractivity contribution is -0.119. The van der Waals surface area contributed by atoms with Gasteiger partial charge in [0, 0.05) is 25.7 Å². The Morgan fingerprint density at radius 2 is 0.875 bits per heavy atom. The Bertz CT molecular complexity index is 299. The first kappa shape index (κ1) is 23.1. The molecule has 0 saturated heterocycles. The Morgan fingerprint density at radius 1 is 0.542 bits per heavy atom. The van der Waals surface area contributed by atoms with Gasteiger partial charge in [0.15, 0.2) is 0 Å². The molecule has 0 aliphatic carbocycles. The zero-order chi connectivity index (χ0) is 17.9. The number of unbranched alkanes of at least 4 members (excludes halogenated alkanes) is 10. The quantitative estimate of drug-likeness (QED) is 0.200. The van der Waals surface area contributed by atoms with Crippen molar-refractivity contribution in [1.29, 1.82) is 0 Å². The number of allylic oxidation sites excluding steroid dienone is 2. The van der Waals surface area contributed by atoms with E-state index in [9.17, 15) is 9.59 Å². The van der Waals surface area contributed by atoms with Gasteiger partial charge < -0.3 is 0 Å². The second-order valence-corrected chi connectivity index (χ2v) is 6.87. The summed E-state index contributed by atoms with van der Waals surface area (Å²) in [6, 6.07) is 0. The summed E-state index contributed by atoms with van der Waals surface area (Å²) in [4.78, 5) is 22.3. The minimum Gasteiger partial charge on any atom is -0.300 e. The van der Waals surface area contributed by atoms with Crippen LogP contribution in [-0.4, -0.2) is 11.6 Å². The normalized spacial score (nSPS) is 11.2. The Hall–Kier alpha value is -0.920. The Morgan fingerprint density at radius 3 is 1.25 bits per heavy atom. The molecular formula is C22H40O2. The number of rotatable bonds is 18. The lowest BCUT2D eigenvalue weighted by atomic mass is 10.1. The molecule has 0 aliphatic rings. The van der Waals surface area contributed by atoms with Gasteiger partial charge in [-0.25, -0.2) is 0 Å². The lowest BCUT2D eigenvalue weighted by Crippen LogP contribution is -1.94. The van der Waals surface area contributed by atoms with Crippen molar-refractivity contribution >= 4 is 11.6 Å². The minimum absolute atomic E-state index is 0.410. The number of ketones is 2. The van der Waals surface area contributed by atoms with Crippen LogP contribution in [0, 0.1) is 0 Å². The number of hydrogen-bond donors (Lipinski definition) is 0. The first-order valence-electron chi connectivity index (χ1n) is 10.4. The Kier molecular flexibility index (Phi) is 17.7. The fourth-order valence-electron chi connectivity index (χ4n) is 2.82. The lowest BCUT2D eigenvalue weighted by Gasteiger charge is -2.00. The summed E-state index contributed by atoms with van der Waals surface area (Å²) in [5.41, 5.74) is 0. The topological polar surface area (TPSA) is 34.1 Å². The molecule has 0 aromatic carbocycles. The van der Waals surface area contributed by atoms with Crippen molar-refractivity contribution < 1.29 is 9.59 Å². The molecule has 0 atom stereocenters. The predicted octanol–water partition coefficient (Wildman–Crippen LogP) is 6.96. The number of carbonyl (C=O) groups excluding carboxylic acids is 2. The second kappa shape index (κ2) is 18.4. The third kappa shape index (κ3) is 17.4. The van der Waals surface area contributed by atoms with Crippen LogP contribution in [0.4, 0.5) is 0 Å². The van der Waals surface area contributed by atoms with Crippen LogP contribution in [0.5, 0.6) is 0 Å². The number of hydrogen-bond acceptors (Lipinski definition) is 2. The molecule has 24 heavy (non-hydrogen) atoms. The van der Waals surface area contributed by atoms with Crippen LogP contribution in [0.3, 0.4) is 0 Å². The van der Waals surface area contributed by atoms with Gasteiger partial charge in [-0.15, -0.1) is 0 Å². The van der Waals surface area contributed by atoms with Gasteiger partial charge in [-0.2, -0.15) is 0 Å². The van der Waals surface area contributed by atoms with E-state index in [0.717, 1.165) is 25.7 Å². The predicted molar refractivity (Wildman–Crippen MR) is 104 cm³/mol. The van der Waals surface area contributed by atoms with Gasteiger partial charge in [-0.3, -0.25) is 9.59 Å². The zero-order valence-electron chi connectivity index (χ0n) is 16.3. The monoisotopic (exact) mass is 336 g/mol. The zero-order valence-corrected chi connectivity index (χ0v) is 16.3. The van der Waals surface area contributed by atoms with Crippen molar-refractivity contribution in [2.24, 2.45) is 0 Å². The van der Waals surface area contributed by atoms with E-state index in [-0.39, 0.29) is 0 Å². The summed E-state index contributed by atoms with van der Waals surface area (Å²) in [6.07, 6.45) is 22.3. The van der Waals surface area contributed by atoms with E-state index in [1.165, 1.54) is 64.2 Å². The fourth-order valence-corrected chi connectivity index (χ4v) is 2.82. The van der Waals surface area contributed by atoms with Crippen molar-refractivity contribution in [3.05, 3.63) is 12.2 Å². The van der Waals surface area contributed by atoms with E-state index in [0.29, 0.717) is 24.4 Å². The molecule has 140 valence electrons. The van der Waals surface area contributed by atoms with E-state index in [4.69, 9.17) is 0 Å². The van der Waals surface area contributed by atoms with Gasteiger partial charge in [0.1, 0.15) is 11.6 Å². The molecule has 0 aromatic rings. The van der Waals surface area contributed by atoms with Crippen molar-refractivity contribution in [3.63, 3.8) is 0 Å². The molecule has 0 bridgehead atoms. The summed E-state index contributed by atoms with van der Waals surface area (Å²) in [5, 5.41) is 0. The van der Waals surface area contributed by atoms with Crippen LogP contribution in [0.1, 0.15) is 117 Å². The van der Waals surface area contributed by atoms with Crippen LogP contribution < -0.4 is 0 Å². The van der Waals surface area contributed by atoms with Crippen LogP contribution in [-0.2, 0) is 9.59 Å². The van der Waals surface area contributed by atoms with Gasteiger partial charge in [-0.1, -0.05) is 64.5 Å². The highest BCUT2D eigenvalue weighted by molar-refractivity contribution is 5.78. The van der Waals surface area contributed by atoms with Gasteiger partial charge >= 0.3 is 0 Å². The van der Waals surface area contributed by atoms with Crippen molar-refractivity contribution in [1.82, 2.24) is 0 Å². The molecule has 0 amide bonds. The SMILES string of the molecule is CCC(=O)CCCCCCCC=CCCCCCCCC(=O)CC. The third-order valence-electron chi connectivity index (χ3n) is 4.61. The maximum Gasteiger partial charge on any atom is 0.132 e. The highest BCUT2D eigenvalue weighted by atomic mass is 16.1. The largest absolute Gasteiger partial charge is 0.300 e. The van der Waals surface area contributed by atoms with Crippen LogP contribution in [0.15, 0.2) is 12.2 Å². The van der Waals surface area contributed by atoms with Crippen molar-refractivity contribution in [3.8, 4) is 0 Å². The maximum absolute atomic E-state index is 11.2. The molecule has 0 N–H and O–H groups in total. The molecule has 2 nitrogen and oxygen atoms in total. The average molecular weight is 337 g/mol. The van der Waals surface area contributed by atoms with E-state index in [2.05, 4.69) is 12.2 Å². The molecule has 2 heteroatoms. The molecule has 0 rings (SSSR count). The standard InChI is InChI=1S/C22H40O2/c1-3-21(23)19-17-15-13-11-9-7-5-6-8-10-12-14-16-18-20-22(24)4-2/h5-6H,3-4,7-20H2,1-2H3. The van der Waals surface area contributed by atoms with E-state index >= 15 is 0 Å². The molecule has 0 heterocycles. The number of carbonyl (C=O) groups is 2. The first-order valence-corrected chi connectivity index (χ1v) is 10.4. The summed E-state index contributed by atoms with van der Waals surface area (Å²) in [5.74, 6) is 0.819. The van der Waals surface area contributed by atoms with Crippen LogP contribution in [0.25, 0.3) is 0 Å². The van der Waals surface area contributed by atoms with Crippen LogP contribution in [0.2, 0.25) is 0 Å². The summed E-state index contributed by atoms with van der Waals surface area (Å²) in [6.45, 7) is 3.90. The Labute approximate surface area is 150 Å². The summed E-state index contributed by atoms with van der Waals surface area (Å²) >= 11 is 0. The second-order valence-electron chi connectivity index (χ2n) is 6.87. The third-order valence-corrected chi connectivity index (χ3v) is 4.61. The summed E-state index contributed by atoms with van der Waals surface area (Å²) in [7, 11) is 0. The van der Waals surface area contributed by atoms with Gasteiger partial charge in [0.25, 0.3) is 0 Å². The van der Waals surface area contributed by atoms with Crippen molar-refractivity contribution in [2.75, 3.05) is 0 Å². The van der Waals surface area contributed by atoms with Crippen LogP contribution >= 0.6 is 0 Å². The van der Waals surface area contributed by atoms with E-state index in [1.807, 2.05) is 13.8 Å². The molecule has 0 unspecified atom stereocenters. The highest BCUT2D eigenvalue weighted by Gasteiger charge is 1.98. The van der Waals surface area contributed by atoms with Crippen molar-refractivity contribution in [2.45, 2.75) is 117 Å². The highest BCUT2D eigenvalue weighted by Crippen LogP contribution is 2.10. The molecule has 0 radical (unpaired) electrons. The Balaban J connectivity index is 3.16. The number of Topliss-reactive ketones (excluding diaryl/α,β-unsaturated/α-hetero) is 2. The smallest absolute Gasteiger partial charge is 0.132 e. The molecule has 0 saturated carbocycles. The maximum atomic E-state index is 11.2. The summed E-state index contributed by atoms with van der Waals surface area (Å²) < 4.78 is 0. The average Bonchev–Trinajstić information content (AvgIpc) is 2.60. The van der Waals surface area contributed by atoms with Gasteiger partial charge in [0.05, 0.1) is 0 Å².